The van der Waals surface area contributed by atoms with E-state index in [-0.39, 0.29) is 17.4 Å². The third kappa shape index (κ3) is 4.17. The zero-order valence-electron chi connectivity index (χ0n) is 16.5. The highest BCUT2D eigenvalue weighted by atomic mass is 16.2. The number of aryl methyl sites for hydroxylation is 1. The molecule has 4 rings (SSSR count). The highest BCUT2D eigenvalue weighted by molar-refractivity contribution is 5.76. The van der Waals surface area contributed by atoms with E-state index in [1.54, 1.807) is 0 Å². The average Bonchev–Trinajstić information content (AvgIpc) is 2.73. The number of aromatic nitrogens is 2. The van der Waals surface area contributed by atoms with Crippen molar-refractivity contribution in [3.8, 4) is 0 Å². The molecule has 3 heterocycles. The van der Waals surface area contributed by atoms with Gasteiger partial charge in [0, 0.05) is 44.9 Å². The first kappa shape index (κ1) is 18.9. The lowest BCUT2D eigenvalue weighted by molar-refractivity contribution is -0.132. The number of H-pyrrole nitrogens is 1. The number of fused-ring (bicyclic) bond motifs is 1. The van der Waals surface area contributed by atoms with Crippen molar-refractivity contribution in [1.29, 1.82) is 0 Å². The number of nitrogens with zero attached hydrogens (tertiary/aromatic N) is 3. The summed E-state index contributed by atoms with van der Waals surface area (Å²) < 4.78 is 0. The van der Waals surface area contributed by atoms with E-state index in [0.29, 0.717) is 19.5 Å². The maximum atomic E-state index is 12.7. The zero-order chi connectivity index (χ0) is 19.5. The van der Waals surface area contributed by atoms with Crippen LogP contribution in [0.4, 0.5) is 0 Å². The predicted molar refractivity (Wildman–Crippen MR) is 108 cm³/mol. The molecule has 1 saturated heterocycles. The molecule has 0 saturated carbocycles. The Labute approximate surface area is 165 Å². The summed E-state index contributed by atoms with van der Waals surface area (Å²) in [5.41, 5.74) is 2.91. The maximum absolute atomic E-state index is 12.7. The van der Waals surface area contributed by atoms with Gasteiger partial charge in [-0.2, -0.15) is 0 Å². The molecule has 0 spiro atoms. The molecule has 2 aromatic rings. The van der Waals surface area contributed by atoms with Gasteiger partial charge in [-0.1, -0.05) is 30.3 Å². The fourth-order valence-corrected chi connectivity index (χ4v) is 4.25. The normalized spacial score (nSPS) is 20.0. The molecule has 1 atom stereocenters. The van der Waals surface area contributed by atoms with E-state index in [2.05, 4.69) is 22.0 Å². The molecule has 1 aromatic heterocycles. The predicted octanol–water partition coefficient (Wildman–Crippen LogP) is 2.10. The summed E-state index contributed by atoms with van der Waals surface area (Å²) in [6.45, 7) is 3.03. The van der Waals surface area contributed by atoms with Crippen LogP contribution in [0.3, 0.4) is 0 Å². The van der Waals surface area contributed by atoms with Crippen molar-refractivity contribution in [2.45, 2.75) is 44.6 Å². The number of benzene rings is 1. The van der Waals surface area contributed by atoms with Gasteiger partial charge in [-0.25, -0.2) is 4.98 Å². The Balaban J connectivity index is 1.43. The molecule has 1 N–H and O–H groups in total. The summed E-state index contributed by atoms with van der Waals surface area (Å²) >= 11 is 0. The first-order chi connectivity index (χ1) is 13.6. The fraction of sp³-hybridized carbons (Fsp3) is 0.500. The van der Waals surface area contributed by atoms with Crippen LogP contribution < -0.4 is 5.56 Å². The molecular formula is C22H28N4O2. The maximum Gasteiger partial charge on any atom is 0.255 e. The second-order valence-corrected chi connectivity index (χ2v) is 8.03. The summed E-state index contributed by atoms with van der Waals surface area (Å²) in [6, 6.07) is 10.1. The topological polar surface area (TPSA) is 69.3 Å². The lowest BCUT2D eigenvalue weighted by atomic mass is 9.96. The molecule has 1 unspecified atom stereocenters. The Morgan fingerprint density at radius 1 is 1.25 bits per heavy atom. The van der Waals surface area contributed by atoms with Crippen molar-refractivity contribution in [2.24, 2.45) is 0 Å². The quantitative estimate of drug-likeness (QED) is 0.882. The number of carbonyl (C=O) groups excluding carboxylic acids is 1. The minimum atomic E-state index is -0.0147. The molecule has 6 nitrogen and oxygen atoms in total. The second-order valence-electron chi connectivity index (χ2n) is 8.03. The van der Waals surface area contributed by atoms with Crippen molar-refractivity contribution < 1.29 is 4.79 Å². The van der Waals surface area contributed by atoms with Crippen LogP contribution in [0.1, 0.15) is 47.8 Å². The van der Waals surface area contributed by atoms with Crippen LogP contribution in [-0.2, 0) is 24.2 Å². The fourth-order valence-electron chi connectivity index (χ4n) is 4.25. The molecule has 148 valence electrons. The molecule has 0 aliphatic carbocycles. The van der Waals surface area contributed by atoms with E-state index in [1.165, 1.54) is 5.56 Å². The second kappa shape index (κ2) is 8.27. The molecular weight excluding hydrogens is 352 g/mol. The van der Waals surface area contributed by atoms with Gasteiger partial charge in [-0.15, -0.1) is 0 Å². The minimum absolute atomic E-state index is 0.0147. The Morgan fingerprint density at radius 2 is 2.07 bits per heavy atom. The Hall–Kier alpha value is -2.47. The van der Waals surface area contributed by atoms with Gasteiger partial charge in [-0.05, 0) is 31.9 Å². The van der Waals surface area contributed by atoms with E-state index in [4.69, 9.17) is 4.98 Å². The van der Waals surface area contributed by atoms with E-state index >= 15 is 0 Å². The number of hydrogen-bond acceptors (Lipinski definition) is 4. The Kier molecular flexibility index (Phi) is 5.57. The molecule has 2 aliphatic heterocycles. The number of amides is 1. The van der Waals surface area contributed by atoms with Crippen LogP contribution in [0.25, 0.3) is 0 Å². The number of carbonyl (C=O) groups is 1. The Bertz CT molecular complexity index is 893. The van der Waals surface area contributed by atoms with Gasteiger partial charge < -0.3 is 14.8 Å². The molecule has 1 aromatic carbocycles. The standard InChI is InChI=1S/C22H28N4O2/c1-25-13-11-19-18(15-25)22(28)24-21(23-19)17-8-5-12-26(14-17)20(27)10-9-16-6-3-2-4-7-16/h2-4,6-7,17H,5,8-15H2,1H3,(H,23,24,28). The van der Waals surface area contributed by atoms with Gasteiger partial charge in [0.1, 0.15) is 5.82 Å². The van der Waals surface area contributed by atoms with Crippen molar-refractivity contribution in [3.05, 3.63) is 63.3 Å². The molecule has 28 heavy (non-hydrogen) atoms. The van der Waals surface area contributed by atoms with E-state index in [0.717, 1.165) is 55.9 Å². The number of aromatic amines is 1. The Morgan fingerprint density at radius 3 is 2.89 bits per heavy atom. The van der Waals surface area contributed by atoms with Crippen LogP contribution in [0.15, 0.2) is 35.1 Å². The van der Waals surface area contributed by atoms with Crippen LogP contribution in [0.2, 0.25) is 0 Å². The van der Waals surface area contributed by atoms with Gasteiger partial charge in [0.05, 0.1) is 11.3 Å². The first-order valence-corrected chi connectivity index (χ1v) is 10.2. The zero-order valence-corrected chi connectivity index (χ0v) is 16.5. The van der Waals surface area contributed by atoms with Gasteiger partial charge in [-0.3, -0.25) is 9.59 Å². The van der Waals surface area contributed by atoms with Crippen LogP contribution in [0, 0.1) is 0 Å². The molecule has 0 radical (unpaired) electrons. The van der Waals surface area contributed by atoms with E-state index < -0.39 is 0 Å². The molecule has 0 bridgehead atoms. The summed E-state index contributed by atoms with van der Waals surface area (Å²) in [4.78, 5) is 37.2. The van der Waals surface area contributed by atoms with Gasteiger partial charge in [0.2, 0.25) is 5.91 Å². The van der Waals surface area contributed by atoms with E-state index in [9.17, 15) is 9.59 Å². The lowest BCUT2D eigenvalue weighted by Gasteiger charge is -2.33. The molecule has 1 amide bonds. The van der Waals surface area contributed by atoms with Crippen molar-refractivity contribution >= 4 is 5.91 Å². The number of hydrogen-bond donors (Lipinski definition) is 1. The summed E-state index contributed by atoms with van der Waals surface area (Å²) in [5.74, 6) is 1.07. The van der Waals surface area contributed by atoms with Crippen LogP contribution in [-0.4, -0.2) is 52.4 Å². The van der Waals surface area contributed by atoms with Crippen molar-refractivity contribution in [3.63, 3.8) is 0 Å². The van der Waals surface area contributed by atoms with Crippen molar-refractivity contribution in [1.82, 2.24) is 19.8 Å². The monoisotopic (exact) mass is 380 g/mol. The third-order valence-electron chi connectivity index (χ3n) is 5.91. The highest BCUT2D eigenvalue weighted by Gasteiger charge is 2.28. The number of nitrogens with one attached hydrogen (secondary N) is 1. The summed E-state index contributed by atoms with van der Waals surface area (Å²) in [5, 5.41) is 0. The first-order valence-electron chi connectivity index (χ1n) is 10.2. The summed E-state index contributed by atoms with van der Waals surface area (Å²) in [6.07, 6.45) is 4.02. The van der Waals surface area contributed by atoms with Gasteiger partial charge in [0.25, 0.3) is 5.56 Å². The smallest absolute Gasteiger partial charge is 0.255 e. The molecule has 6 heteroatoms. The van der Waals surface area contributed by atoms with Crippen LogP contribution in [0.5, 0.6) is 0 Å². The molecule has 2 aliphatic rings. The number of piperidine rings is 1. The minimum Gasteiger partial charge on any atom is -0.342 e. The average molecular weight is 380 g/mol. The number of likely N-dealkylation sites (tertiary alicyclic amines) is 1. The largest absolute Gasteiger partial charge is 0.342 e. The highest BCUT2D eigenvalue weighted by Crippen LogP contribution is 2.25. The van der Waals surface area contributed by atoms with Gasteiger partial charge >= 0.3 is 0 Å². The van der Waals surface area contributed by atoms with Crippen LogP contribution >= 0.6 is 0 Å². The number of likely N-dealkylation sites (N-methyl/N-ethyl adjacent to an activating group) is 1. The van der Waals surface area contributed by atoms with E-state index in [1.807, 2.05) is 30.1 Å². The summed E-state index contributed by atoms with van der Waals surface area (Å²) in [7, 11) is 2.02. The van der Waals surface area contributed by atoms with Crippen molar-refractivity contribution in [2.75, 3.05) is 26.7 Å². The van der Waals surface area contributed by atoms with Gasteiger partial charge in [0.15, 0.2) is 0 Å². The third-order valence-corrected chi connectivity index (χ3v) is 5.91. The molecule has 1 fully saturated rings. The number of rotatable bonds is 4. The lowest BCUT2D eigenvalue weighted by Crippen LogP contribution is -2.41. The SMILES string of the molecule is CN1CCc2nc(C3CCCN(C(=O)CCc4ccccc4)C3)[nH]c(=O)c2C1.